The highest BCUT2D eigenvalue weighted by Gasteiger charge is 2.34. The van der Waals surface area contributed by atoms with E-state index >= 15 is 0 Å². The van der Waals surface area contributed by atoms with E-state index in [1.165, 1.54) is 0 Å². The topological polar surface area (TPSA) is 110 Å². The number of likely N-dealkylation sites (tertiary alicyclic amines) is 1. The quantitative estimate of drug-likeness (QED) is 0.454. The predicted molar refractivity (Wildman–Crippen MR) is 135 cm³/mol. The lowest BCUT2D eigenvalue weighted by molar-refractivity contribution is -0.0104. The van der Waals surface area contributed by atoms with Gasteiger partial charge in [-0.25, -0.2) is 4.79 Å². The summed E-state index contributed by atoms with van der Waals surface area (Å²) >= 11 is 12.9. The third-order valence-corrected chi connectivity index (χ3v) is 7.61. The molecular weight excluding hydrogens is 505 g/mol. The molecule has 1 saturated carbocycles. The number of aromatic nitrogens is 3. The van der Waals surface area contributed by atoms with Crippen molar-refractivity contribution in [3.8, 4) is 11.3 Å². The molecule has 2 fully saturated rings. The number of ether oxygens (including phenoxy) is 1. The van der Waals surface area contributed by atoms with Gasteiger partial charge in [-0.3, -0.25) is 19.4 Å². The van der Waals surface area contributed by atoms with E-state index in [4.69, 9.17) is 32.5 Å². The summed E-state index contributed by atoms with van der Waals surface area (Å²) in [6, 6.07) is 5.44. The van der Waals surface area contributed by atoms with E-state index in [1.807, 2.05) is 24.3 Å². The summed E-state index contributed by atoms with van der Waals surface area (Å²) in [5, 5.41) is 9.18. The molecule has 1 unspecified atom stereocenters. The zero-order valence-corrected chi connectivity index (χ0v) is 21.0. The molecule has 1 aromatic carbocycles. The first-order valence-corrected chi connectivity index (χ1v) is 12.9. The number of rotatable bonds is 7. The van der Waals surface area contributed by atoms with Crippen LogP contribution in [0.1, 0.15) is 55.2 Å². The number of H-pyrrole nitrogens is 1. The Labute approximate surface area is 217 Å². The summed E-state index contributed by atoms with van der Waals surface area (Å²) in [7, 11) is 0. The molecule has 2 aromatic heterocycles. The van der Waals surface area contributed by atoms with E-state index < -0.39 is 5.76 Å². The van der Waals surface area contributed by atoms with Crippen molar-refractivity contribution >= 4 is 35.0 Å². The summed E-state index contributed by atoms with van der Waals surface area (Å²) in [4.78, 5) is 20.8. The minimum atomic E-state index is -0.568. The molecule has 3 aliphatic rings. The van der Waals surface area contributed by atoms with Crippen LogP contribution in [0.2, 0.25) is 10.0 Å². The zero-order valence-electron chi connectivity index (χ0n) is 19.5. The van der Waals surface area contributed by atoms with Crippen molar-refractivity contribution in [1.82, 2.24) is 20.2 Å². The molecule has 188 valence electrons. The highest BCUT2D eigenvalue weighted by Crippen LogP contribution is 2.46. The molecule has 36 heavy (non-hydrogen) atoms. The highest BCUT2D eigenvalue weighted by atomic mass is 35.5. The SMILES string of the molecule is O=c1[nH]c(C2=CCC(N3CCC(OCc4c(-c5c(Cl)cccc5Cl)noc4C4CC4)CC3)N=C2)no1. The third kappa shape index (κ3) is 4.80. The Balaban J connectivity index is 1.08. The molecule has 0 amide bonds. The number of benzene rings is 1. The molecule has 9 nitrogen and oxygen atoms in total. The number of allylic oxidation sites excluding steroid dienone is 1. The van der Waals surface area contributed by atoms with Crippen molar-refractivity contribution in [1.29, 1.82) is 0 Å². The monoisotopic (exact) mass is 529 g/mol. The van der Waals surface area contributed by atoms with Crippen LogP contribution >= 0.6 is 23.2 Å². The number of hydrogen-bond acceptors (Lipinski definition) is 8. The molecule has 1 saturated heterocycles. The van der Waals surface area contributed by atoms with Gasteiger partial charge >= 0.3 is 5.76 Å². The van der Waals surface area contributed by atoms with E-state index in [9.17, 15) is 4.79 Å². The Morgan fingerprint density at radius 1 is 1.08 bits per heavy atom. The summed E-state index contributed by atoms with van der Waals surface area (Å²) in [6.07, 6.45) is 8.75. The van der Waals surface area contributed by atoms with Crippen molar-refractivity contribution in [2.24, 2.45) is 4.99 Å². The Hall–Kier alpha value is -2.72. The lowest BCUT2D eigenvalue weighted by Crippen LogP contribution is -2.43. The molecule has 1 aliphatic carbocycles. The van der Waals surface area contributed by atoms with Crippen LogP contribution in [0.5, 0.6) is 0 Å². The Bertz CT molecular complexity index is 1340. The first-order valence-electron chi connectivity index (χ1n) is 12.1. The van der Waals surface area contributed by atoms with Gasteiger partial charge in [0.25, 0.3) is 0 Å². The number of aliphatic imine (C=N–C) groups is 1. The summed E-state index contributed by atoms with van der Waals surface area (Å²) in [5.41, 5.74) is 3.10. The van der Waals surface area contributed by atoms with Crippen LogP contribution in [-0.2, 0) is 11.3 Å². The van der Waals surface area contributed by atoms with Gasteiger partial charge in [0.15, 0.2) is 5.82 Å². The Morgan fingerprint density at radius 2 is 1.86 bits per heavy atom. The van der Waals surface area contributed by atoms with Gasteiger partial charge in [0, 0.05) is 48.3 Å². The normalized spacial score (nSPS) is 21.2. The number of nitrogens with one attached hydrogen (secondary N) is 1. The number of halogens is 2. The maximum Gasteiger partial charge on any atom is 0.439 e. The first kappa shape index (κ1) is 23.7. The van der Waals surface area contributed by atoms with Gasteiger partial charge in [0.05, 0.1) is 22.8 Å². The van der Waals surface area contributed by atoms with Gasteiger partial charge in [0.1, 0.15) is 17.6 Å². The van der Waals surface area contributed by atoms with Crippen LogP contribution in [0, 0.1) is 0 Å². The maximum absolute atomic E-state index is 11.2. The van der Waals surface area contributed by atoms with Gasteiger partial charge in [-0.2, -0.15) is 0 Å². The number of dihydropyridines is 1. The van der Waals surface area contributed by atoms with E-state index in [0.29, 0.717) is 39.7 Å². The van der Waals surface area contributed by atoms with E-state index in [2.05, 4.69) is 29.7 Å². The van der Waals surface area contributed by atoms with E-state index in [1.54, 1.807) is 6.21 Å². The fourth-order valence-electron chi connectivity index (χ4n) is 4.86. The van der Waals surface area contributed by atoms with Crippen molar-refractivity contribution in [3.63, 3.8) is 0 Å². The van der Waals surface area contributed by atoms with Gasteiger partial charge in [-0.15, -0.1) is 0 Å². The van der Waals surface area contributed by atoms with E-state index in [0.717, 1.165) is 62.1 Å². The smallest absolute Gasteiger partial charge is 0.373 e. The minimum Gasteiger partial charge on any atom is -0.373 e. The van der Waals surface area contributed by atoms with Crippen LogP contribution in [-0.4, -0.2) is 51.8 Å². The first-order chi connectivity index (χ1) is 17.6. The summed E-state index contributed by atoms with van der Waals surface area (Å²) < 4.78 is 16.7. The molecule has 2 aliphatic heterocycles. The minimum absolute atomic E-state index is 0.0711. The van der Waals surface area contributed by atoms with Crippen molar-refractivity contribution in [2.45, 2.75) is 56.9 Å². The molecule has 6 rings (SSSR count). The van der Waals surface area contributed by atoms with Crippen molar-refractivity contribution in [3.05, 3.63) is 62.0 Å². The molecule has 1 atom stereocenters. The van der Waals surface area contributed by atoms with Gasteiger partial charge in [-0.05, 0) is 37.8 Å². The molecule has 1 N–H and O–H groups in total. The molecule has 0 bridgehead atoms. The average Bonchev–Trinajstić information content (AvgIpc) is 3.51. The van der Waals surface area contributed by atoms with Crippen molar-refractivity contribution in [2.75, 3.05) is 13.1 Å². The maximum atomic E-state index is 11.2. The predicted octanol–water partition coefficient (Wildman–Crippen LogP) is 5.07. The number of hydrogen-bond donors (Lipinski definition) is 1. The molecule has 4 heterocycles. The Morgan fingerprint density at radius 3 is 2.50 bits per heavy atom. The molecule has 0 spiro atoms. The zero-order chi connectivity index (χ0) is 24.6. The fourth-order valence-corrected chi connectivity index (χ4v) is 5.43. The van der Waals surface area contributed by atoms with Gasteiger partial charge in [-0.1, -0.05) is 45.7 Å². The summed E-state index contributed by atoms with van der Waals surface area (Å²) in [6.45, 7) is 2.19. The third-order valence-electron chi connectivity index (χ3n) is 6.98. The second kappa shape index (κ2) is 9.97. The van der Waals surface area contributed by atoms with Crippen molar-refractivity contribution < 1.29 is 13.8 Å². The second-order valence-corrected chi connectivity index (χ2v) is 10.2. The van der Waals surface area contributed by atoms with E-state index in [-0.39, 0.29) is 12.3 Å². The fraction of sp³-hybridized carbons (Fsp3) is 0.440. The van der Waals surface area contributed by atoms with Crippen LogP contribution in [0.25, 0.3) is 16.8 Å². The lowest BCUT2D eigenvalue weighted by Gasteiger charge is -2.36. The van der Waals surface area contributed by atoms with Crippen LogP contribution < -0.4 is 5.76 Å². The summed E-state index contributed by atoms with van der Waals surface area (Å²) in [5.74, 6) is 1.13. The Kier molecular flexibility index (Phi) is 6.55. The largest absolute Gasteiger partial charge is 0.439 e. The molecular formula is C25H25Cl2N5O4. The van der Waals surface area contributed by atoms with Gasteiger partial charge < -0.3 is 9.26 Å². The highest BCUT2D eigenvalue weighted by molar-refractivity contribution is 6.39. The number of nitrogens with zero attached hydrogens (tertiary/aromatic N) is 4. The molecule has 11 heteroatoms. The van der Waals surface area contributed by atoms with Crippen LogP contribution in [0.3, 0.4) is 0 Å². The second-order valence-electron chi connectivity index (χ2n) is 9.39. The molecule has 0 radical (unpaired) electrons. The number of aromatic amines is 1. The lowest BCUT2D eigenvalue weighted by atomic mass is 10.0. The standard InChI is InChI=1S/C25H25Cl2N5O4/c26-18-2-1-3-19(27)21(18)22-17(23(35-30-22)14-4-5-14)13-34-16-8-10-32(11-9-16)20-7-6-15(12-28-20)24-29-25(33)36-31-24/h1-3,6,12,14,16,20H,4-5,7-11,13H2,(H,29,31,33). The van der Waals surface area contributed by atoms with Crippen LogP contribution in [0.15, 0.2) is 43.1 Å². The van der Waals surface area contributed by atoms with Crippen LogP contribution in [0.4, 0.5) is 0 Å². The van der Waals surface area contributed by atoms with Gasteiger partial charge in [0.2, 0.25) is 0 Å². The number of piperidine rings is 1. The molecule has 3 aromatic rings. The average molecular weight is 530 g/mol.